The van der Waals surface area contributed by atoms with E-state index in [2.05, 4.69) is 6.92 Å². The molecule has 20 heavy (non-hydrogen) atoms. The van der Waals surface area contributed by atoms with Gasteiger partial charge in [-0.2, -0.15) is 0 Å². The van der Waals surface area contributed by atoms with Gasteiger partial charge in [0.05, 0.1) is 12.5 Å². The van der Waals surface area contributed by atoms with E-state index in [9.17, 15) is 9.59 Å². The third-order valence-electron chi connectivity index (χ3n) is 4.39. The maximum Gasteiger partial charge on any atom is 0.409 e. The van der Waals surface area contributed by atoms with Gasteiger partial charge >= 0.3 is 6.09 Å². The van der Waals surface area contributed by atoms with Crippen molar-refractivity contribution in [2.45, 2.75) is 39.5 Å². The zero-order valence-corrected chi connectivity index (χ0v) is 12.6. The molecule has 2 aliphatic heterocycles. The maximum atomic E-state index is 12.5. The van der Waals surface area contributed by atoms with E-state index < -0.39 is 0 Å². The van der Waals surface area contributed by atoms with Crippen LogP contribution < -0.4 is 0 Å². The highest BCUT2D eigenvalue weighted by molar-refractivity contribution is 5.80. The Morgan fingerprint density at radius 3 is 2.45 bits per heavy atom. The Hall–Kier alpha value is -1.26. The van der Waals surface area contributed by atoms with Gasteiger partial charge in [0.2, 0.25) is 5.91 Å². The molecule has 5 nitrogen and oxygen atoms in total. The molecular weight excluding hydrogens is 256 g/mol. The van der Waals surface area contributed by atoms with Gasteiger partial charge in [0, 0.05) is 26.2 Å². The van der Waals surface area contributed by atoms with Gasteiger partial charge in [-0.05, 0) is 38.5 Å². The van der Waals surface area contributed by atoms with Crippen molar-refractivity contribution in [3.63, 3.8) is 0 Å². The number of piperidine rings is 2. The number of amides is 2. The molecule has 2 saturated heterocycles. The zero-order chi connectivity index (χ0) is 14.5. The molecule has 5 heteroatoms. The second kappa shape index (κ2) is 6.95. The van der Waals surface area contributed by atoms with E-state index in [1.165, 1.54) is 0 Å². The van der Waals surface area contributed by atoms with Gasteiger partial charge in [0.15, 0.2) is 0 Å². The lowest BCUT2D eigenvalue weighted by Crippen LogP contribution is -2.48. The quantitative estimate of drug-likeness (QED) is 0.779. The molecule has 1 atom stereocenters. The second-order valence-corrected chi connectivity index (χ2v) is 5.99. The van der Waals surface area contributed by atoms with Crippen LogP contribution in [0.5, 0.6) is 0 Å². The predicted octanol–water partition coefficient (Wildman–Crippen LogP) is 2.11. The number of carbonyl (C=O) groups is 2. The topological polar surface area (TPSA) is 49.9 Å². The lowest BCUT2D eigenvalue weighted by Gasteiger charge is -2.36. The van der Waals surface area contributed by atoms with Crippen LogP contribution in [0.1, 0.15) is 39.5 Å². The Balaban J connectivity index is 1.88. The molecule has 0 saturated carbocycles. The van der Waals surface area contributed by atoms with Gasteiger partial charge in [0.25, 0.3) is 0 Å². The first kappa shape index (κ1) is 15.1. The molecule has 0 N–H and O–H groups in total. The van der Waals surface area contributed by atoms with Crippen molar-refractivity contribution >= 4 is 12.0 Å². The van der Waals surface area contributed by atoms with Gasteiger partial charge in [0.1, 0.15) is 0 Å². The fourth-order valence-electron chi connectivity index (χ4n) is 3.05. The Morgan fingerprint density at radius 1 is 1.10 bits per heavy atom. The molecule has 0 aromatic heterocycles. The van der Waals surface area contributed by atoms with Crippen molar-refractivity contribution in [1.82, 2.24) is 9.80 Å². The summed E-state index contributed by atoms with van der Waals surface area (Å²) in [5, 5.41) is 0. The number of nitrogens with zero attached hydrogens (tertiary/aromatic N) is 2. The summed E-state index contributed by atoms with van der Waals surface area (Å²) in [6.07, 6.45) is 3.69. The van der Waals surface area contributed by atoms with Crippen LogP contribution in [0.2, 0.25) is 0 Å². The Kier molecular flexibility index (Phi) is 5.26. The van der Waals surface area contributed by atoms with E-state index in [4.69, 9.17) is 4.74 Å². The molecule has 0 aromatic carbocycles. The van der Waals surface area contributed by atoms with Gasteiger partial charge < -0.3 is 14.5 Å². The van der Waals surface area contributed by atoms with Crippen molar-refractivity contribution in [1.29, 1.82) is 0 Å². The van der Waals surface area contributed by atoms with Crippen molar-refractivity contribution in [2.75, 3.05) is 32.8 Å². The molecule has 0 bridgehead atoms. The molecule has 2 amide bonds. The molecule has 0 aromatic rings. The summed E-state index contributed by atoms with van der Waals surface area (Å²) in [6, 6.07) is 0. The molecule has 114 valence electrons. The van der Waals surface area contributed by atoms with Crippen LogP contribution in [-0.2, 0) is 9.53 Å². The minimum Gasteiger partial charge on any atom is -0.450 e. The van der Waals surface area contributed by atoms with Crippen LogP contribution in [0.15, 0.2) is 0 Å². The number of hydrogen-bond donors (Lipinski definition) is 0. The van der Waals surface area contributed by atoms with E-state index in [1.807, 2.05) is 4.90 Å². The minimum atomic E-state index is -0.280. The van der Waals surface area contributed by atoms with E-state index in [1.54, 1.807) is 11.8 Å². The van der Waals surface area contributed by atoms with Crippen LogP contribution in [0.25, 0.3) is 0 Å². The Labute approximate surface area is 121 Å². The lowest BCUT2D eigenvalue weighted by molar-refractivity contribution is -0.138. The average Bonchev–Trinajstić information content (AvgIpc) is 2.48. The first-order chi connectivity index (χ1) is 9.61. The third kappa shape index (κ3) is 3.64. The Bertz CT molecular complexity index is 351. The van der Waals surface area contributed by atoms with Crippen LogP contribution >= 0.6 is 0 Å². The summed E-state index contributed by atoms with van der Waals surface area (Å²) in [7, 11) is 0. The molecular formula is C15H26N2O3. The molecule has 2 rings (SSSR count). The second-order valence-electron chi connectivity index (χ2n) is 5.99. The molecule has 1 unspecified atom stereocenters. The smallest absolute Gasteiger partial charge is 0.409 e. The van der Waals surface area contributed by atoms with E-state index in [-0.39, 0.29) is 17.9 Å². The molecule has 0 aliphatic carbocycles. The zero-order valence-electron chi connectivity index (χ0n) is 12.6. The SMILES string of the molecule is CCOC(=O)N1CCCC(C(=O)N2CCC(C)CC2)C1. The van der Waals surface area contributed by atoms with E-state index >= 15 is 0 Å². The number of carbonyl (C=O) groups excluding carboxylic acids is 2. The molecule has 0 radical (unpaired) electrons. The van der Waals surface area contributed by atoms with Crippen LogP contribution in [0.4, 0.5) is 4.79 Å². The van der Waals surface area contributed by atoms with Crippen molar-refractivity contribution in [2.24, 2.45) is 11.8 Å². The summed E-state index contributed by atoms with van der Waals surface area (Å²) >= 11 is 0. The number of likely N-dealkylation sites (tertiary alicyclic amines) is 2. The highest BCUT2D eigenvalue weighted by Crippen LogP contribution is 2.23. The van der Waals surface area contributed by atoms with Crippen LogP contribution in [0.3, 0.4) is 0 Å². The monoisotopic (exact) mass is 282 g/mol. The van der Waals surface area contributed by atoms with E-state index in [0.717, 1.165) is 44.7 Å². The normalized spacial score (nSPS) is 24.6. The van der Waals surface area contributed by atoms with Crippen molar-refractivity contribution in [3.05, 3.63) is 0 Å². The Morgan fingerprint density at radius 2 is 1.80 bits per heavy atom. The number of hydrogen-bond acceptors (Lipinski definition) is 3. The summed E-state index contributed by atoms with van der Waals surface area (Å²) < 4.78 is 5.03. The first-order valence-electron chi connectivity index (χ1n) is 7.82. The summed E-state index contributed by atoms with van der Waals surface area (Å²) in [6.45, 7) is 7.40. The molecule has 2 aliphatic rings. The fourth-order valence-corrected chi connectivity index (χ4v) is 3.05. The standard InChI is InChI=1S/C15H26N2O3/c1-3-20-15(19)17-8-4-5-13(11-17)14(18)16-9-6-12(2)7-10-16/h12-13H,3-11H2,1-2H3. The molecule has 2 fully saturated rings. The fraction of sp³-hybridized carbons (Fsp3) is 0.867. The minimum absolute atomic E-state index is 0.0402. The lowest BCUT2D eigenvalue weighted by atomic mass is 9.94. The predicted molar refractivity (Wildman–Crippen MR) is 76.3 cm³/mol. The van der Waals surface area contributed by atoms with Crippen molar-refractivity contribution in [3.8, 4) is 0 Å². The summed E-state index contributed by atoms with van der Waals surface area (Å²) in [5.74, 6) is 0.911. The molecule has 2 heterocycles. The first-order valence-corrected chi connectivity index (χ1v) is 7.82. The number of rotatable bonds is 2. The van der Waals surface area contributed by atoms with Gasteiger partial charge in [-0.1, -0.05) is 6.92 Å². The van der Waals surface area contributed by atoms with Gasteiger partial charge in [-0.25, -0.2) is 4.79 Å². The summed E-state index contributed by atoms with van der Waals surface area (Å²) in [5.41, 5.74) is 0. The summed E-state index contributed by atoms with van der Waals surface area (Å²) in [4.78, 5) is 28.0. The third-order valence-corrected chi connectivity index (χ3v) is 4.39. The highest BCUT2D eigenvalue weighted by Gasteiger charge is 2.32. The van der Waals surface area contributed by atoms with Gasteiger partial charge in [-0.3, -0.25) is 4.79 Å². The largest absolute Gasteiger partial charge is 0.450 e. The van der Waals surface area contributed by atoms with E-state index in [0.29, 0.717) is 19.7 Å². The highest BCUT2D eigenvalue weighted by atomic mass is 16.6. The van der Waals surface area contributed by atoms with Crippen LogP contribution in [0, 0.1) is 11.8 Å². The average molecular weight is 282 g/mol. The van der Waals surface area contributed by atoms with Crippen LogP contribution in [-0.4, -0.2) is 54.6 Å². The maximum absolute atomic E-state index is 12.5. The van der Waals surface area contributed by atoms with Gasteiger partial charge in [-0.15, -0.1) is 0 Å². The number of ether oxygens (including phenoxy) is 1. The molecule has 0 spiro atoms. The van der Waals surface area contributed by atoms with Crippen molar-refractivity contribution < 1.29 is 14.3 Å².